The van der Waals surface area contributed by atoms with E-state index in [9.17, 15) is 18.4 Å². The molecule has 2 aliphatic heterocycles. The molecular weight excluding hydrogens is 340 g/mol. The van der Waals surface area contributed by atoms with E-state index in [0.29, 0.717) is 36.3 Å². The molecule has 0 aliphatic carbocycles. The third kappa shape index (κ3) is 2.89. The third-order valence-corrected chi connectivity index (χ3v) is 4.70. The number of fused-ring (bicyclic) bond motifs is 2. The fourth-order valence-corrected chi connectivity index (χ4v) is 3.60. The second-order valence-electron chi connectivity index (χ2n) is 6.47. The Kier molecular flexibility index (Phi) is 4.06. The van der Waals surface area contributed by atoms with Crippen LogP contribution in [-0.2, 0) is 16.0 Å². The molecule has 2 aromatic rings. The summed E-state index contributed by atoms with van der Waals surface area (Å²) in [6.07, 6.45) is 1.28. The van der Waals surface area contributed by atoms with Crippen molar-refractivity contribution in [2.75, 3.05) is 34.8 Å². The van der Waals surface area contributed by atoms with Crippen LogP contribution >= 0.6 is 0 Å². The van der Waals surface area contributed by atoms with Gasteiger partial charge in [-0.1, -0.05) is 12.1 Å². The van der Waals surface area contributed by atoms with Crippen molar-refractivity contribution in [3.63, 3.8) is 0 Å². The van der Waals surface area contributed by atoms with Gasteiger partial charge in [-0.3, -0.25) is 14.5 Å². The van der Waals surface area contributed by atoms with Gasteiger partial charge in [-0.25, -0.2) is 8.78 Å². The smallest absolute Gasteiger partial charge is 0.247 e. The fraction of sp³-hybridized carbons (Fsp3) is 0.263. The van der Waals surface area contributed by atoms with E-state index >= 15 is 0 Å². The highest BCUT2D eigenvalue weighted by Gasteiger charge is 2.30. The van der Waals surface area contributed by atoms with Gasteiger partial charge in [-0.2, -0.15) is 0 Å². The average molecular weight is 357 g/mol. The minimum Gasteiger partial charge on any atom is -0.360 e. The SMILES string of the molecule is O=C1CN(C(=O)CN2CCCc3cc(F)cc(F)c32)c2ccccc2N1. The number of amides is 2. The average Bonchev–Trinajstić information content (AvgIpc) is 2.60. The molecule has 5 nitrogen and oxygen atoms in total. The Balaban J connectivity index is 1.62. The lowest BCUT2D eigenvalue weighted by molar-refractivity contribution is -0.121. The highest BCUT2D eigenvalue weighted by molar-refractivity contribution is 6.10. The standard InChI is InChI=1S/C19H17F2N3O2/c20-13-8-12-4-3-7-23(19(12)14(21)9-13)11-18(26)24-10-17(25)22-15-5-1-2-6-16(15)24/h1-2,5-6,8-9H,3-4,7,10-11H2,(H,22,25). The van der Waals surface area contributed by atoms with Crippen molar-refractivity contribution < 1.29 is 18.4 Å². The van der Waals surface area contributed by atoms with E-state index in [-0.39, 0.29) is 30.6 Å². The molecule has 4 rings (SSSR count). The number of anilines is 3. The minimum atomic E-state index is -0.663. The largest absolute Gasteiger partial charge is 0.360 e. The molecule has 0 bridgehead atoms. The first-order valence-electron chi connectivity index (χ1n) is 8.45. The second kappa shape index (κ2) is 6.40. The van der Waals surface area contributed by atoms with Gasteiger partial charge in [0.2, 0.25) is 11.8 Å². The molecule has 0 atom stereocenters. The van der Waals surface area contributed by atoms with Crippen molar-refractivity contribution in [3.8, 4) is 0 Å². The zero-order chi connectivity index (χ0) is 18.3. The van der Waals surface area contributed by atoms with E-state index < -0.39 is 11.6 Å². The van der Waals surface area contributed by atoms with Crippen molar-refractivity contribution in [2.45, 2.75) is 12.8 Å². The summed E-state index contributed by atoms with van der Waals surface area (Å²) in [6, 6.07) is 9.20. The molecule has 0 unspecified atom stereocenters. The Labute approximate surface area is 149 Å². The first-order valence-corrected chi connectivity index (χ1v) is 8.45. The summed E-state index contributed by atoms with van der Waals surface area (Å²) in [7, 11) is 0. The molecule has 0 saturated heterocycles. The van der Waals surface area contributed by atoms with E-state index in [1.807, 2.05) is 0 Å². The summed E-state index contributed by atoms with van der Waals surface area (Å²) in [5, 5.41) is 2.73. The molecule has 0 saturated carbocycles. The maximum absolute atomic E-state index is 14.3. The summed E-state index contributed by atoms with van der Waals surface area (Å²) in [6.45, 7) is 0.350. The number of carbonyl (C=O) groups excluding carboxylic acids is 2. The van der Waals surface area contributed by atoms with Gasteiger partial charge in [0.1, 0.15) is 18.2 Å². The number of hydrogen-bond donors (Lipinski definition) is 1. The molecule has 26 heavy (non-hydrogen) atoms. The molecule has 0 fully saturated rings. The summed E-state index contributed by atoms with van der Waals surface area (Å²) < 4.78 is 27.8. The van der Waals surface area contributed by atoms with Crippen LogP contribution in [0.4, 0.5) is 25.8 Å². The lowest BCUT2D eigenvalue weighted by atomic mass is 10.0. The van der Waals surface area contributed by atoms with Gasteiger partial charge in [0.05, 0.1) is 23.6 Å². The van der Waals surface area contributed by atoms with Crippen LogP contribution in [0.1, 0.15) is 12.0 Å². The van der Waals surface area contributed by atoms with E-state index in [1.165, 1.54) is 11.0 Å². The van der Waals surface area contributed by atoms with Crippen molar-refractivity contribution in [2.24, 2.45) is 0 Å². The maximum atomic E-state index is 14.3. The molecule has 0 spiro atoms. The van der Waals surface area contributed by atoms with Crippen LogP contribution in [-0.4, -0.2) is 31.4 Å². The van der Waals surface area contributed by atoms with E-state index in [0.717, 1.165) is 6.07 Å². The van der Waals surface area contributed by atoms with Gasteiger partial charge in [0.15, 0.2) is 0 Å². The topological polar surface area (TPSA) is 52.7 Å². The van der Waals surface area contributed by atoms with Crippen LogP contribution in [0.5, 0.6) is 0 Å². The second-order valence-corrected chi connectivity index (χ2v) is 6.47. The number of carbonyl (C=O) groups is 2. The zero-order valence-electron chi connectivity index (χ0n) is 14.0. The highest BCUT2D eigenvalue weighted by Crippen LogP contribution is 2.32. The summed E-state index contributed by atoms with van der Waals surface area (Å²) >= 11 is 0. The number of nitrogens with one attached hydrogen (secondary N) is 1. The molecule has 2 aromatic carbocycles. The summed E-state index contributed by atoms with van der Waals surface area (Å²) in [5.41, 5.74) is 2.04. The predicted octanol–water partition coefficient (Wildman–Crippen LogP) is 2.70. The van der Waals surface area contributed by atoms with Gasteiger partial charge in [0, 0.05) is 12.6 Å². The molecule has 2 aliphatic rings. The number of rotatable bonds is 2. The number of nitrogens with zero attached hydrogens (tertiary/aromatic N) is 2. The normalized spacial score (nSPS) is 16.0. The highest BCUT2D eigenvalue weighted by atomic mass is 19.1. The zero-order valence-corrected chi connectivity index (χ0v) is 14.0. The van der Waals surface area contributed by atoms with Crippen LogP contribution in [0, 0.1) is 11.6 Å². The van der Waals surface area contributed by atoms with E-state index in [4.69, 9.17) is 0 Å². The third-order valence-electron chi connectivity index (χ3n) is 4.70. The van der Waals surface area contributed by atoms with Gasteiger partial charge in [-0.15, -0.1) is 0 Å². The van der Waals surface area contributed by atoms with Gasteiger partial charge < -0.3 is 10.2 Å². The monoisotopic (exact) mass is 357 g/mol. The lowest BCUT2D eigenvalue weighted by Crippen LogP contribution is -2.47. The van der Waals surface area contributed by atoms with E-state index in [1.54, 1.807) is 29.2 Å². The first kappa shape index (κ1) is 16.5. The number of aryl methyl sites for hydroxylation is 1. The van der Waals surface area contributed by atoms with Crippen molar-refractivity contribution >= 4 is 28.9 Å². The Morgan fingerprint density at radius 1 is 1.19 bits per heavy atom. The van der Waals surface area contributed by atoms with Crippen LogP contribution < -0.4 is 15.1 Å². The number of hydrogen-bond acceptors (Lipinski definition) is 3. The minimum absolute atomic E-state index is 0.0723. The van der Waals surface area contributed by atoms with Crippen LogP contribution in [0.15, 0.2) is 36.4 Å². The number of halogens is 2. The predicted molar refractivity (Wildman–Crippen MR) is 94.3 cm³/mol. The number of benzene rings is 2. The Morgan fingerprint density at radius 2 is 2.00 bits per heavy atom. The van der Waals surface area contributed by atoms with E-state index in [2.05, 4.69) is 5.32 Å². The lowest BCUT2D eigenvalue weighted by Gasteiger charge is -2.34. The maximum Gasteiger partial charge on any atom is 0.247 e. The van der Waals surface area contributed by atoms with Crippen molar-refractivity contribution in [3.05, 3.63) is 53.6 Å². The molecular formula is C19H17F2N3O2. The van der Waals surface area contributed by atoms with Crippen LogP contribution in [0.3, 0.4) is 0 Å². The van der Waals surface area contributed by atoms with Crippen molar-refractivity contribution in [1.29, 1.82) is 0 Å². The molecule has 0 aromatic heterocycles. The van der Waals surface area contributed by atoms with Crippen LogP contribution in [0.25, 0.3) is 0 Å². The van der Waals surface area contributed by atoms with Gasteiger partial charge >= 0.3 is 0 Å². The molecule has 2 heterocycles. The quantitative estimate of drug-likeness (QED) is 0.899. The Hall–Kier alpha value is -2.96. The Bertz CT molecular complexity index is 900. The number of para-hydroxylation sites is 2. The molecule has 2 amide bonds. The molecule has 0 radical (unpaired) electrons. The molecule has 1 N–H and O–H groups in total. The Morgan fingerprint density at radius 3 is 2.85 bits per heavy atom. The molecule has 7 heteroatoms. The van der Waals surface area contributed by atoms with Crippen molar-refractivity contribution in [1.82, 2.24) is 0 Å². The first-order chi connectivity index (χ1) is 12.5. The summed E-state index contributed by atoms with van der Waals surface area (Å²) in [4.78, 5) is 27.8. The molecule has 134 valence electrons. The fourth-order valence-electron chi connectivity index (χ4n) is 3.60. The van der Waals surface area contributed by atoms with Crippen LogP contribution in [0.2, 0.25) is 0 Å². The summed E-state index contributed by atoms with van der Waals surface area (Å²) in [5.74, 6) is -1.85. The van der Waals surface area contributed by atoms with Gasteiger partial charge in [-0.05, 0) is 36.6 Å². The van der Waals surface area contributed by atoms with Gasteiger partial charge in [0.25, 0.3) is 0 Å².